The molecule has 2 aromatic carbocycles. The van der Waals surface area contributed by atoms with Gasteiger partial charge in [-0.3, -0.25) is 9.00 Å². The summed E-state index contributed by atoms with van der Waals surface area (Å²) in [5.41, 5.74) is 3.43. The van der Waals surface area contributed by atoms with Crippen LogP contribution in [0.4, 0.5) is 10.1 Å². The molecule has 0 bridgehead atoms. The number of benzene rings is 2. The molecule has 1 aliphatic heterocycles. The van der Waals surface area contributed by atoms with E-state index in [-0.39, 0.29) is 17.5 Å². The van der Waals surface area contributed by atoms with Crippen LogP contribution in [0.1, 0.15) is 30.9 Å². The molecule has 168 valence electrons. The molecule has 0 radical (unpaired) electrons. The molecular formula is C24H31FN2O3S. The predicted octanol–water partition coefficient (Wildman–Crippen LogP) is 3.73. The Balaban J connectivity index is 1.39. The number of anilines is 1. The average molecular weight is 447 g/mol. The van der Waals surface area contributed by atoms with E-state index >= 15 is 0 Å². The molecule has 1 fully saturated rings. The Kier molecular flexibility index (Phi) is 8.07. The lowest BCUT2D eigenvalue weighted by molar-refractivity contribution is -0.128. The van der Waals surface area contributed by atoms with Gasteiger partial charge in [-0.1, -0.05) is 19.9 Å². The Bertz CT molecular complexity index is 910. The Morgan fingerprint density at radius 2 is 1.77 bits per heavy atom. The van der Waals surface area contributed by atoms with Gasteiger partial charge < -0.3 is 14.5 Å². The van der Waals surface area contributed by atoms with Crippen molar-refractivity contribution in [1.29, 1.82) is 0 Å². The third-order valence-corrected chi connectivity index (χ3v) is 6.74. The van der Waals surface area contributed by atoms with Crippen molar-refractivity contribution in [2.45, 2.75) is 26.7 Å². The van der Waals surface area contributed by atoms with Crippen LogP contribution in [0.3, 0.4) is 0 Å². The van der Waals surface area contributed by atoms with E-state index < -0.39 is 10.8 Å². The van der Waals surface area contributed by atoms with Crippen LogP contribution in [0.5, 0.6) is 5.75 Å². The molecule has 0 unspecified atom stereocenters. The summed E-state index contributed by atoms with van der Waals surface area (Å²) in [6.07, 6.45) is 0. The molecule has 0 aliphatic carbocycles. The summed E-state index contributed by atoms with van der Waals surface area (Å²) in [7, 11) is -1.26. The van der Waals surface area contributed by atoms with Gasteiger partial charge in [-0.15, -0.1) is 0 Å². The van der Waals surface area contributed by atoms with E-state index in [0.717, 1.165) is 11.4 Å². The summed E-state index contributed by atoms with van der Waals surface area (Å²) >= 11 is 0. The Morgan fingerprint density at radius 3 is 2.39 bits per heavy atom. The fourth-order valence-corrected chi connectivity index (χ4v) is 4.68. The maximum atomic E-state index is 13.1. The Morgan fingerprint density at radius 1 is 1.10 bits per heavy atom. The van der Waals surface area contributed by atoms with E-state index in [1.165, 1.54) is 23.3 Å². The minimum Gasteiger partial charge on any atom is -0.493 e. The zero-order valence-corrected chi connectivity index (χ0v) is 19.3. The number of carbonyl (C=O) groups is 1. The number of carbonyl (C=O) groups excluding carboxylic acids is 1. The summed E-state index contributed by atoms with van der Waals surface area (Å²) in [6, 6.07) is 12.4. The molecular weight excluding hydrogens is 415 g/mol. The monoisotopic (exact) mass is 446 g/mol. The molecule has 1 saturated heterocycles. The summed E-state index contributed by atoms with van der Waals surface area (Å²) in [6.45, 7) is 9.21. The van der Waals surface area contributed by atoms with Crippen molar-refractivity contribution in [3.8, 4) is 5.75 Å². The van der Waals surface area contributed by atoms with Crippen molar-refractivity contribution in [3.05, 3.63) is 59.4 Å². The standard InChI is InChI=1S/C24H31FN2O3S/c1-18(2)23-9-8-22(16-19(23)3)30-14-15-31(29)17-24(28)27-12-10-26(11-13-27)21-6-4-20(25)5-7-21/h4-9,16,18H,10-15,17H2,1-3H3/t31-/m0/s1. The highest BCUT2D eigenvalue weighted by molar-refractivity contribution is 7.85. The summed E-state index contributed by atoms with van der Waals surface area (Å²) in [5.74, 6) is 1.23. The first kappa shape index (κ1) is 23.3. The lowest BCUT2D eigenvalue weighted by Gasteiger charge is -2.36. The van der Waals surface area contributed by atoms with Crippen molar-refractivity contribution in [1.82, 2.24) is 4.90 Å². The second-order valence-electron chi connectivity index (χ2n) is 8.15. The van der Waals surface area contributed by atoms with Crippen molar-refractivity contribution in [2.24, 2.45) is 0 Å². The highest BCUT2D eigenvalue weighted by Gasteiger charge is 2.22. The van der Waals surface area contributed by atoms with Gasteiger partial charge in [-0.2, -0.15) is 0 Å². The van der Waals surface area contributed by atoms with Gasteiger partial charge in [0.2, 0.25) is 5.91 Å². The van der Waals surface area contributed by atoms with E-state index in [0.29, 0.717) is 44.5 Å². The zero-order valence-electron chi connectivity index (χ0n) is 18.5. The summed E-state index contributed by atoms with van der Waals surface area (Å²) in [5, 5.41) is 0. The second-order valence-corrected chi connectivity index (χ2v) is 9.73. The number of hydrogen-bond acceptors (Lipinski definition) is 4. The number of hydrogen-bond donors (Lipinski definition) is 0. The molecule has 3 rings (SSSR count). The van der Waals surface area contributed by atoms with Crippen LogP contribution in [-0.4, -0.2) is 59.3 Å². The first-order valence-electron chi connectivity index (χ1n) is 10.7. The van der Waals surface area contributed by atoms with Gasteiger partial charge in [0, 0.05) is 42.7 Å². The fourth-order valence-electron chi connectivity index (χ4n) is 3.81. The van der Waals surface area contributed by atoms with Crippen LogP contribution in [0.25, 0.3) is 0 Å². The minimum absolute atomic E-state index is 0.0191. The largest absolute Gasteiger partial charge is 0.493 e. The lowest BCUT2D eigenvalue weighted by Crippen LogP contribution is -2.50. The number of rotatable bonds is 8. The van der Waals surface area contributed by atoms with Crippen LogP contribution in [0, 0.1) is 12.7 Å². The smallest absolute Gasteiger partial charge is 0.235 e. The van der Waals surface area contributed by atoms with Gasteiger partial charge >= 0.3 is 0 Å². The molecule has 7 heteroatoms. The van der Waals surface area contributed by atoms with E-state index in [1.54, 1.807) is 17.0 Å². The van der Waals surface area contributed by atoms with Crippen LogP contribution >= 0.6 is 0 Å². The molecule has 5 nitrogen and oxygen atoms in total. The molecule has 1 amide bonds. The van der Waals surface area contributed by atoms with Crippen LogP contribution in [0.15, 0.2) is 42.5 Å². The number of amides is 1. The van der Waals surface area contributed by atoms with Crippen LogP contribution < -0.4 is 9.64 Å². The SMILES string of the molecule is Cc1cc(OCC[S@](=O)CC(=O)N2CCN(c3ccc(F)cc3)CC2)ccc1C(C)C. The molecule has 1 heterocycles. The van der Waals surface area contributed by atoms with Gasteiger partial charge in [0.25, 0.3) is 0 Å². The predicted molar refractivity (Wildman–Crippen MR) is 124 cm³/mol. The molecule has 0 saturated carbocycles. The average Bonchev–Trinajstić information content (AvgIpc) is 2.74. The van der Waals surface area contributed by atoms with Crippen molar-refractivity contribution >= 4 is 22.4 Å². The maximum Gasteiger partial charge on any atom is 0.235 e. The first-order valence-corrected chi connectivity index (χ1v) is 12.2. The van der Waals surface area contributed by atoms with Crippen molar-refractivity contribution in [3.63, 3.8) is 0 Å². The fraction of sp³-hybridized carbons (Fsp3) is 0.458. The number of halogens is 1. The minimum atomic E-state index is -1.26. The topological polar surface area (TPSA) is 49.9 Å². The molecule has 31 heavy (non-hydrogen) atoms. The quantitative estimate of drug-likeness (QED) is 0.620. The first-order chi connectivity index (χ1) is 14.8. The molecule has 1 aliphatic rings. The lowest BCUT2D eigenvalue weighted by atomic mass is 9.98. The zero-order chi connectivity index (χ0) is 22.4. The summed E-state index contributed by atoms with van der Waals surface area (Å²) < 4.78 is 31.2. The maximum absolute atomic E-state index is 13.1. The molecule has 0 aromatic heterocycles. The molecule has 0 spiro atoms. The number of nitrogens with zero attached hydrogens (tertiary/aromatic N) is 2. The summed E-state index contributed by atoms with van der Waals surface area (Å²) in [4.78, 5) is 16.4. The van der Waals surface area contributed by atoms with Gasteiger partial charge in [0.15, 0.2) is 0 Å². The molecule has 2 aromatic rings. The third-order valence-electron chi connectivity index (χ3n) is 5.55. The highest BCUT2D eigenvalue weighted by Crippen LogP contribution is 2.23. The number of aryl methyl sites for hydroxylation is 1. The van der Waals surface area contributed by atoms with E-state index in [9.17, 15) is 13.4 Å². The van der Waals surface area contributed by atoms with Gasteiger partial charge in [-0.25, -0.2) is 4.39 Å². The number of ether oxygens (including phenoxy) is 1. The third kappa shape index (κ3) is 6.53. The van der Waals surface area contributed by atoms with Gasteiger partial charge in [-0.05, 0) is 60.4 Å². The molecule has 0 N–H and O–H groups in total. The highest BCUT2D eigenvalue weighted by atomic mass is 32.2. The Hall–Kier alpha value is -2.41. The van der Waals surface area contributed by atoms with Crippen LogP contribution in [0.2, 0.25) is 0 Å². The van der Waals surface area contributed by atoms with Gasteiger partial charge in [0.05, 0.1) is 12.4 Å². The van der Waals surface area contributed by atoms with E-state index in [2.05, 4.69) is 31.7 Å². The van der Waals surface area contributed by atoms with E-state index in [4.69, 9.17) is 4.74 Å². The number of piperazine rings is 1. The van der Waals surface area contributed by atoms with E-state index in [1.807, 2.05) is 12.1 Å². The van der Waals surface area contributed by atoms with Gasteiger partial charge in [0.1, 0.15) is 17.3 Å². The van der Waals surface area contributed by atoms with Crippen molar-refractivity contribution < 1.29 is 18.1 Å². The normalized spacial score (nSPS) is 15.3. The molecule has 1 atom stereocenters. The Labute approximate surface area is 186 Å². The second kappa shape index (κ2) is 10.8. The van der Waals surface area contributed by atoms with Crippen molar-refractivity contribution in [2.75, 3.05) is 49.2 Å². The van der Waals surface area contributed by atoms with Crippen LogP contribution in [-0.2, 0) is 15.6 Å².